The molecule has 4 N–H and O–H groups in total. The van der Waals surface area contributed by atoms with E-state index in [9.17, 15) is 38.5 Å². The molecular weight excluding hydrogens is 1680 g/mol. The van der Waals surface area contributed by atoms with Crippen LogP contribution >= 0.6 is 47.8 Å². The van der Waals surface area contributed by atoms with Crippen molar-refractivity contribution in [3.63, 3.8) is 0 Å². The molecule has 4 heterocycles. The summed E-state index contributed by atoms with van der Waals surface area (Å²) in [5, 5.41) is 26.6. The Morgan fingerprint density at radius 2 is 0.820 bits per heavy atom. The molecule has 0 atom stereocenters. The Morgan fingerprint density at radius 3 is 1.14 bits per heavy atom. The standard InChI is InChI=1S/C20H31BO4S.C18H24N2O2S.C14H19BrO2S.C7H8BrNO2S.C6H12B2O2.C6H14O2.C6H10O.C4H5BrN2/c1-19(2)20(3,4)25-21(24-19)18-14-17(26(5,22)23)12-11-16(18)13-15-9-7-6-8-10-15;1-20-11-10-18(19-20)17-13-16(23(2,21)22)9-8-15(17)12-14-6-4-3-5-7-14;1-18(16,17)13-8-7-12(14(15)10-13)9-11-5-3-2-4-6-11;1-12(10,11)5-2-3-7(9)6(8)4-5;1-5(2)6(3,4)10-8(7)9-5;1-5(2,7)6(3,4)8;7-6-4-2-1-3-5-6;1-7-3-2-4(5)6-7/h11-12,14-15H,6-10,13H2,1-5H3;8-11,13-14H,3-7,12H2,1-2H3;7-8,10-11H,2-6,9H2,1H3;2-4H,9H2,1H3;1-4H3;7-8H,1-4H3;1-5H2;2-3H,1H3. The lowest BCUT2D eigenvalue weighted by Gasteiger charge is -2.32. The lowest BCUT2D eigenvalue weighted by molar-refractivity contribution is -0.120. The molecule has 0 bridgehead atoms. The van der Waals surface area contributed by atoms with Gasteiger partial charge in [-0.15, -0.1) is 0 Å². The van der Waals surface area contributed by atoms with Crippen LogP contribution in [0, 0.1) is 17.8 Å². The minimum atomic E-state index is -3.27. The molecule has 4 aliphatic carbocycles. The summed E-state index contributed by atoms with van der Waals surface area (Å²) in [4.78, 5) is 11.8. The lowest BCUT2D eigenvalue weighted by Crippen LogP contribution is -2.44. The van der Waals surface area contributed by atoms with Crippen molar-refractivity contribution in [3.05, 3.63) is 128 Å². The number of carbonyl (C=O) groups excluding carboxylic acids is 1. The summed E-state index contributed by atoms with van der Waals surface area (Å²) in [5.74, 6) is 2.59. The predicted octanol–water partition coefficient (Wildman–Crippen LogP) is 16.5. The Bertz CT molecular complexity index is 4400. The van der Waals surface area contributed by atoms with Crippen molar-refractivity contribution in [2.45, 2.75) is 284 Å². The van der Waals surface area contributed by atoms with Crippen LogP contribution in [0.1, 0.15) is 228 Å². The number of halogens is 3. The third-order valence-corrected chi connectivity index (χ3v) is 28.3. The Morgan fingerprint density at radius 1 is 0.477 bits per heavy atom. The van der Waals surface area contributed by atoms with E-state index in [0.29, 0.717) is 42.5 Å². The van der Waals surface area contributed by atoms with Crippen LogP contribution in [0.2, 0.25) is 0 Å². The zero-order valence-electron chi connectivity index (χ0n) is 68.8. The molecule has 2 aliphatic heterocycles. The summed E-state index contributed by atoms with van der Waals surface area (Å²) < 4.78 is 122. The van der Waals surface area contributed by atoms with Gasteiger partial charge in [-0.25, -0.2) is 33.7 Å². The van der Waals surface area contributed by atoms with E-state index in [4.69, 9.17) is 42.3 Å². The molecular formula is C81H123B3Br3N5O15S4. The molecule has 111 heavy (non-hydrogen) atoms. The number of nitrogens with zero attached hydrogens (tertiary/aromatic N) is 4. The van der Waals surface area contributed by atoms with Crippen molar-refractivity contribution in [1.82, 2.24) is 19.6 Å². The first-order valence-corrected chi connectivity index (χ1v) is 48.5. The predicted molar refractivity (Wildman–Crippen MR) is 460 cm³/mol. The molecule has 0 unspecified atom stereocenters. The van der Waals surface area contributed by atoms with E-state index in [1.54, 1.807) is 79.5 Å². The highest BCUT2D eigenvalue weighted by atomic mass is 79.9. The van der Waals surface area contributed by atoms with Gasteiger partial charge in [-0.1, -0.05) is 137 Å². The molecule has 2 saturated heterocycles. The number of nitrogen functional groups attached to an aromatic ring is 1. The van der Waals surface area contributed by atoms with E-state index in [2.05, 4.69) is 58.0 Å². The van der Waals surface area contributed by atoms with Crippen LogP contribution in [0.5, 0.6) is 0 Å². The van der Waals surface area contributed by atoms with E-state index in [0.717, 1.165) is 88.5 Å². The Labute approximate surface area is 692 Å². The van der Waals surface area contributed by atoms with Crippen molar-refractivity contribution in [2.24, 2.45) is 31.8 Å². The molecule has 6 fully saturated rings. The number of hydrogen-bond acceptors (Lipinski definition) is 18. The van der Waals surface area contributed by atoms with Gasteiger partial charge in [0.2, 0.25) is 0 Å². The molecule has 2 aromatic heterocycles. The molecule has 0 spiro atoms. The number of benzene rings is 4. The van der Waals surface area contributed by atoms with E-state index in [1.165, 1.54) is 145 Å². The molecule has 4 saturated carbocycles. The van der Waals surface area contributed by atoms with Gasteiger partial charge in [0, 0.05) is 84.6 Å². The van der Waals surface area contributed by atoms with Gasteiger partial charge in [0.25, 0.3) is 0 Å². The quantitative estimate of drug-likeness (QED) is 0.0715. The fraction of sp³-hybridized carbons (Fsp3) is 0.617. The summed E-state index contributed by atoms with van der Waals surface area (Å²) in [6.45, 7) is 22.3. The van der Waals surface area contributed by atoms with Gasteiger partial charge < -0.3 is 34.6 Å². The van der Waals surface area contributed by atoms with Crippen molar-refractivity contribution >= 4 is 126 Å². The highest BCUT2D eigenvalue weighted by Gasteiger charge is 2.53. The van der Waals surface area contributed by atoms with Crippen LogP contribution in [0.3, 0.4) is 0 Å². The molecule has 20 nitrogen and oxygen atoms in total. The lowest BCUT2D eigenvalue weighted by atomic mass is 9.63. The molecule has 0 amide bonds. The van der Waals surface area contributed by atoms with Crippen molar-refractivity contribution < 1.29 is 67.3 Å². The van der Waals surface area contributed by atoms with Gasteiger partial charge in [-0.2, -0.15) is 10.2 Å². The van der Waals surface area contributed by atoms with Crippen molar-refractivity contribution in [1.29, 1.82) is 0 Å². The van der Waals surface area contributed by atoms with Gasteiger partial charge in [0.05, 0.1) is 58.9 Å². The number of Topliss-reactive ketones (excluding diaryl/α,β-unsaturated/α-hetero) is 1. The second kappa shape index (κ2) is 41.9. The van der Waals surface area contributed by atoms with Crippen molar-refractivity contribution in [3.8, 4) is 11.3 Å². The first kappa shape index (κ1) is 97.5. The number of anilines is 1. The highest BCUT2D eigenvalue weighted by Crippen LogP contribution is 2.40. The normalized spacial score (nSPS) is 18.7. The third-order valence-electron chi connectivity index (χ3n) is 22.0. The first-order valence-electron chi connectivity index (χ1n) is 38.6. The highest BCUT2D eigenvalue weighted by molar-refractivity contribution is 9.11. The van der Waals surface area contributed by atoms with Crippen LogP contribution in [0.4, 0.5) is 5.69 Å². The average Bonchev–Trinajstić information content (AvgIpc) is 1.63. The zero-order chi connectivity index (χ0) is 83.5. The van der Waals surface area contributed by atoms with E-state index < -0.39 is 75.9 Å². The van der Waals surface area contributed by atoms with Crippen LogP contribution in [-0.2, 0) is 96.1 Å². The monoisotopic (exact) mass is 1800 g/mol. The number of ketones is 1. The summed E-state index contributed by atoms with van der Waals surface area (Å²) in [6, 6.07) is 24.7. The van der Waals surface area contributed by atoms with Gasteiger partial charge in [-0.05, 0) is 254 Å². The molecule has 6 aliphatic rings. The number of aryl methyl sites for hydroxylation is 2. The minimum absolute atomic E-state index is 0.267. The van der Waals surface area contributed by atoms with Gasteiger partial charge in [-0.3, -0.25) is 14.2 Å². The number of hydrogen-bond donors (Lipinski definition) is 3. The minimum Gasteiger partial charge on any atom is -0.411 e. The fourth-order valence-electron chi connectivity index (χ4n) is 12.9. The zero-order valence-corrected chi connectivity index (χ0v) is 76.8. The maximum absolute atomic E-state index is 12.1. The second-order valence-corrected chi connectivity index (χ2v) is 44.0. The number of carbonyl (C=O) groups is 1. The molecule has 616 valence electrons. The third kappa shape index (κ3) is 32.1. The first-order chi connectivity index (χ1) is 51.1. The summed E-state index contributed by atoms with van der Waals surface area (Å²) >= 11 is 9.85. The van der Waals surface area contributed by atoms with E-state index in [-0.39, 0.29) is 16.1 Å². The topological polar surface area (TPSA) is 293 Å². The maximum atomic E-state index is 12.1. The Hall–Kier alpha value is -4.04. The maximum Gasteiger partial charge on any atom is 0.495 e. The summed E-state index contributed by atoms with van der Waals surface area (Å²) in [7, 11) is -4.61. The molecule has 6 aromatic rings. The van der Waals surface area contributed by atoms with Crippen LogP contribution in [0.25, 0.3) is 11.3 Å². The van der Waals surface area contributed by atoms with Crippen LogP contribution in [-0.4, -0.2) is 150 Å². The SMILES string of the molecule is CC(C)(O)C(C)(C)O.CC1(C)OB(c2cc(S(C)(=O)=O)ccc2CC2CCCCC2)OC1(C)C.CS(=O)(=O)c1ccc(CC2CCCCC2)c(Br)c1.CS(=O)(=O)c1ccc(N)c(Br)c1.Cn1ccc(-c2cc(S(C)(=O)=O)ccc2CC2CCCCC2)n1.Cn1ccc(Br)n1.O=C1CCCCC1.[B]B1OC(C)(C)C(C)(C)O1. The molecule has 30 heteroatoms. The second-order valence-electron chi connectivity index (χ2n) is 33.4. The number of sulfone groups is 4. The summed E-state index contributed by atoms with van der Waals surface area (Å²) in [5.41, 5.74) is 8.83. The summed E-state index contributed by atoms with van der Waals surface area (Å²) in [6.07, 6.45) is 36.5. The molecule has 2 radical (unpaired) electrons. The van der Waals surface area contributed by atoms with E-state index in [1.807, 2.05) is 112 Å². The number of aliphatic hydroxyl groups is 2. The van der Waals surface area contributed by atoms with E-state index >= 15 is 0 Å². The fourth-order valence-corrected chi connectivity index (χ4v) is 17.1. The van der Waals surface area contributed by atoms with Gasteiger partial charge >= 0.3 is 14.1 Å². The largest absolute Gasteiger partial charge is 0.495 e. The Kier molecular flexibility index (Phi) is 36.8. The number of aromatic nitrogens is 4. The van der Waals surface area contributed by atoms with Crippen LogP contribution < -0.4 is 11.2 Å². The number of rotatable bonds is 13. The van der Waals surface area contributed by atoms with Gasteiger partial charge in [0.1, 0.15) is 18.1 Å². The average molecular weight is 1810 g/mol. The Balaban J connectivity index is 0.000000238. The smallest absolute Gasteiger partial charge is 0.411 e. The molecule has 4 aromatic carbocycles. The van der Waals surface area contributed by atoms with Gasteiger partial charge in [0.15, 0.2) is 39.3 Å². The molecule has 12 rings (SSSR count). The number of nitrogens with two attached hydrogens (primary N) is 1. The van der Waals surface area contributed by atoms with Crippen LogP contribution in [0.15, 0.2) is 130 Å². The van der Waals surface area contributed by atoms with Crippen molar-refractivity contribution in [2.75, 3.05) is 30.8 Å².